The average molecular weight is 373 g/mol. The van der Waals surface area contributed by atoms with Gasteiger partial charge in [-0.2, -0.15) is 0 Å². The van der Waals surface area contributed by atoms with Gasteiger partial charge in [0.2, 0.25) is 0 Å². The van der Waals surface area contributed by atoms with Crippen LogP contribution in [0.5, 0.6) is 5.75 Å². The summed E-state index contributed by atoms with van der Waals surface area (Å²) in [6.45, 7) is 2.75. The molecule has 2 aliphatic carbocycles. The molecule has 0 bridgehead atoms. The van der Waals surface area contributed by atoms with Gasteiger partial charge in [-0.05, 0) is 50.0 Å². The van der Waals surface area contributed by atoms with E-state index in [1.54, 1.807) is 5.57 Å². The molecule has 0 N–H and O–H groups in total. The van der Waals surface area contributed by atoms with Gasteiger partial charge in [0.05, 0.1) is 6.61 Å². The summed E-state index contributed by atoms with van der Waals surface area (Å²) in [7, 11) is 0. The number of rotatable bonds is 4. The summed E-state index contributed by atoms with van der Waals surface area (Å²) in [5, 5.41) is 0. The lowest BCUT2D eigenvalue weighted by molar-refractivity contribution is 0.331. The molecule has 2 heteroatoms. The number of halogens is 1. The van der Waals surface area contributed by atoms with Crippen molar-refractivity contribution >= 4 is 15.9 Å². The Labute approximate surface area is 148 Å². The van der Waals surface area contributed by atoms with Gasteiger partial charge in [0.1, 0.15) is 5.75 Å². The Kier molecular flexibility index (Phi) is 5.42. The Morgan fingerprint density at radius 2 is 1.78 bits per heavy atom. The molecule has 1 aromatic rings. The Bertz CT molecular complexity index is 616. The molecule has 0 heterocycles. The maximum absolute atomic E-state index is 5.62. The fourth-order valence-corrected chi connectivity index (χ4v) is 4.26. The van der Waals surface area contributed by atoms with E-state index in [4.69, 9.17) is 4.74 Å². The van der Waals surface area contributed by atoms with Crippen molar-refractivity contribution in [2.45, 2.75) is 50.9 Å². The number of hydrogen-bond acceptors (Lipinski definition) is 1. The van der Waals surface area contributed by atoms with Crippen molar-refractivity contribution in [2.75, 3.05) is 6.61 Å². The SMILES string of the molecule is CCOc1ccc(C2(C3=CC=C(Br)C=CC3)CCCCC2)cc1. The zero-order valence-electron chi connectivity index (χ0n) is 13.9. The van der Waals surface area contributed by atoms with Crippen molar-refractivity contribution in [1.82, 2.24) is 0 Å². The van der Waals surface area contributed by atoms with Crippen molar-refractivity contribution in [3.8, 4) is 5.75 Å². The third-order valence-corrected chi connectivity index (χ3v) is 5.63. The predicted molar refractivity (Wildman–Crippen MR) is 101 cm³/mol. The van der Waals surface area contributed by atoms with Gasteiger partial charge in [-0.15, -0.1) is 0 Å². The highest BCUT2D eigenvalue weighted by Gasteiger charge is 2.36. The molecule has 1 fully saturated rings. The number of allylic oxidation sites excluding steroid dienone is 6. The van der Waals surface area contributed by atoms with Crippen LogP contribution in [-0.2, 0) is 5.41 Å². The molecule has 0 amide bonds. The number of ether oxygens (including phenoxy) is 1. The first kappa shape index (κ1) is 16.6. The third kappa shape index (κ3) is 3.63. The van der Waals surface area contributed by atoms with E-state index in [1.807, 2.05) is 6.92 Å². The summed E-state index contributed by atoms with van der Waals surface area (Å²) in [6.07, 6.45) is 16.5. The van der Waals surface area contributed by atoms with Crippen LogP contribution in [-0.4, -0.2) is 6.61 Å². The maximum Gasteiger partial charge on any atom is 0.119 e. The van der Waals surface area contributed by atoms with E-state index < -0.39 is 0 Å². The topological polar surface area (TPSA) is 9.23 Å². The summed E-state index contributed by atoms with van der Waals surface area (Å²) in [4.78, 5) is 0. The highest BCUT2D eigenvalue weighted by atomic mass is 79.9. The van der Waals surface area contributed by atoms with Crippen LogP contribution < -0.4 is 4.74 Å². The van der Waals surface area contributed by atoms with E-state index in [2.05, 4.69) is 64.5 Å². The summed E-state index contributed by atoms with van der Waals surface area (Å²) < 4.78 is 6.78. The largest absolute Gasteiger partial charge is 0.494 e. The highest BCUT2D eigenvalue weighted by molar-refractivity contribution is 9.11. The van der Waals surface area contributed by atoms with Gasteiger partial charge in [-0.1, -0.05) is 71.1 Å². The molecule has 122 valence electrons. The molecular formula is C21H25BrO. The van der Waals surface area contributed by atoms with Crippen molar-refractivity contribution < 1.29 is 4.74 Å². The molecule has 1 saturated carbocycles. The van der Waals surface area contributed by atoms with Gasteiger partial charge in [0.25, 0.3) is 0 Å². The minimum absolute atomic E-state index is 0.196. The molecular weight excluding hydrogens is 348 g/mol. The van der Waals surface area contributed by atoms with Gasteiger partial charge in [-0.25, -0.2) is 0 Å². The van der Waals surface area contributed by atoms with E-state index in [-0.39, 0.29) is 5.41 Å². The average Bonchev–Trinajstić information content (AvgIpc) is 2.81. The van der Waals surface area contributed by atoms with E-state index >= 15 is 0 Å². The zero-order chi connectivity index (χ0) is 16.1. The number of benzene rings is 1. The van der Waals surface area contributed by atoms with Crippen LogP contribution in [0.1, 0.15) is 51.0 Å². The molecule has 0 radical (unpaired) electrons. The number of hydrogen-bond donors (Lipinski definition) is 0. The van der Waals surface area contributed by atoms with Gasteiger partial charge >= 0.3 is 0 Å². The second-order valence-electron chi connectivity index (χ2n) is 6.45. The molecule has 0 atom stereocenters. The summed E-state index contributed by atoms with van der Waals surface area (Å²) >= 11 is 3.60. The van der Waals surface area contributed by atoms with Crippen LogP contribution in [0, 0.1) is 0 Å². The van der Waals surface area contributed by atoms with Crippen LogP contribution in [0.4, 0.5) is 0 Å². The van der Waals surface area contributed by atoms with Gasteiger partial charge in [0.15, 0.2) is 0 Å². The molecule has 1 nitrogen and oxygen atoms in total. The predicted octanol–water partition coefficient (Wildman–Crippen LogP) is 6.45. The standard InChI is InChI=1S/C21H25BrO/c1-2-23-20-13-10-18(11-14-20)21(15-4-3-5-16-21)17-7-6-8-19(22)12-9-17/h6,8-14H,2-5,7,15-16H2,1H3. The fourth-order valence-electron chi connectivity index (χ4n) is 3.94. The maximum atomic E-state index is 5.62. The first-order valence-corrected chi connectivity index (χ1v) is 9.50. The van der Waals surface area contributed by atoms with Crippen molar-refractivity contribution in [3.63, 3.8) is 0 Å². The van der Waals surface area contributed by atoms with Crippen LogP contribution in [0.3, 0.4) is 0 Å². The summed E-state index contributed by atoms with van der Waals surface area (Å²) in [5.74, 6) is 0.972. The monoisotopic (exact) mass is 372 g/mol. The highest BCUT2D eigenvalue weighted by Crippen LogP contribution is 2.47. The quantitative estimate of drug-likeness (QED) is 0.589. The molecule has 0 spiro atoms. The molecule has 3 rings (SSSR count). The lowest BCUT2D eigenvalue weighted by atomic mass is 9.64. The van der Waals surface area contributed by atoms with Crippen molar-refractivity contribution in [3.05, 3.63) is 64.2 Å². The zero-order valence-corrected chi connectivity index (χ0v) is 15.4. The molecule has 0 saturated heterocycles. The van der Waals surface area contributed by atoms with Gasteiger partial charge in [-0.3, -0.25) is 0 Å². The van der Waals surface area contributed by atoms with Gasteiger partial charge in [0, 0.05) is 9.90 Å². The van der Waals surface area contributed by atoms with Crippen LogP contribution in [0.2, 0.25) is 0 Å². The third-order valence-electron chi connectivity index (χ3n) is 5.10. The normalized spacial score (nSPS) is 20.4. The molecule has 1 aromatic carbocycles. The Balaban J connectivity index is 1.98. The van der Waals surface area contributed by atoms with Crippen LogP contribution >= 0.6 is 15.9 Å². The lowest BCUT2D eigenvalue weighted by Crippen LogP contribution is -2.31. The molecule has 23 heavy (non-hydrogen) atoms. The Hall–Kier alpha value is -1.28. The lowest BCUT2D eigenvalue weighted by Gasteiger charge is -2.40. The smallest absolute Gasteiger partial charge is 0.119 e. The van der Waals surface area contributed by atoms with E-state index in [1.165, 1.54) is 37.7 Å². The van der Waals surface area contributed by atoms with E-state index in [9.17, 15) is 0 Å². The first-order valence-electron chi connectivity index (χ1n) is 8.71. The second-order valence-corrected chi connectivity index (χ2v) is 7.37. The van der Waals surface area contributed by atoms with Gasteiger partial charge < -0.3 is 4.74 Å². The van der Waals surface area contributed by atoms with Crippen LogP contribution in [0.25, 0.3) is 0 Å². The molecule has 0 aromatic heterocycles. The minimum Gasteiger partial charge on any atom is -0.494 e. The summed E-state index contributed by atoms with van der Waals surface area (Å²) in [5.41, 5.74) is 3.19. The molecule has 0 unspecified atom stereocenters. The molecule has 0 aliphatic heterocycles. The fraction of sp³-hybridized carbons (Fsp3) is 0.429. The second kappa shape index (κ2) is 7.53. The van der Waals surface area contributed by atoms with E-state index in [0.717, 1.165) is 23.3 Å². The first-order chi connectivity index (χ1) is 11.2. The van der Waals surface area contributed by atoms with Crippen LogP contribution in [0.15, 0.2) is 58.6 Å². The van der Waals surface area contributed by atoms with E-state index in [0.29, 0.717) is 0 Å². The van der Waals surface area contributed by atoms with Crippen molar-refractivity contribution in [1.29, 1.82) is 0 Å². The molecule has 2 aliphatic rings. The summed E-state index contributed by atoms with van der Waals surface area (Å²) in [6, 6.07) is 8.83. The van der Waals surface area contributed by atoms with Crippen molar-refractivity contribution in [2.24, 2.45) is 0 Å². The Morgan fingerprint density at radius 1 is 1.04 bits per heavy atom. The minimum atomic E-state index is 0.196. The Morgan fingerprint density at radius 3 is 2.48 bits per heavy atom.